The number of ether oxygens (including phenoxy) is 4. The summed E-state index contributed by atoms with van der Waals surface area (Å²) < 4.78 is 68.1. The Morgan fingerprint density at radius 2 is 0.573 bits per heavy atom. The first-order valence-corrected chi connectivity index (χ1v) is 39.5. The molecule has 0 aliphatic heterocycles. The molecule has 0 saturated heterocycles. The van der Waals surface area contributed by atoms with E-state index in [1.165, 1.54) is 167 Å². The normalized spacial score (nSPS) is 14.4. The number of hydrogen-bond acceptors (Lipinski definition) is 15. The Morgan fingerprint density at radius 1 is 0.326 bits per heavy atom. The van der Waals surface area contributed by atoms with Crippen molar-refractivity contribution < 1.29 is 80.2 Å². The van der Waals surface area contributed by atoms with Crippen LogP contribution in [0.3, 0.4) is 0 Å². The van der Waals surface area contributed by atoms with Crippen molar-refractivity contribution in [1.82, 2.24) is 0 Å². The third kappa shape index (κ3) is 63.2. The summed E-state index contributed by atoms with van der Waals surface area (Å²) in [5, 5.41) is 10.6. The van der Waals surface area contributed by atoms with E-state index >= 15 is 0 Å². The van der Waals surface area contributed by atoms with Gasteiger partial charge in [0.1, 0.15) is 19.3 Å². The Hall–Kier alpha value is -1.94. The van der Waals surface area contributed by atoms with Crippen molar-refractivity contribution in [1.29, 1.82) is 0 Å². The van der Waals surface area contributed by atoms with E-state index in [0.717, 1.165) is 108 Å². The summed E-state index contributed by atoms with van der Waals surface area (Å²) in [4.78, 5) is 72.3. The number of hydrogen-bond donors (Lipinski definition) is 3. The molecule has 0 aromatic rings. The monoisotopic (exact) mass is 1310 g/mol. The van der Waals surface area contributed by atoms with Gasteiger partial charge in [-0.25, -0.2) is 9.13 Å². The van der Waals surface area contributed by atoms with Crippen molar-refractivity contribution >= 4 is 39.5 Å². The van der Waals surface area contributed by atoms with Gasteiger partial charge in [-0.15, -0.1) is 0 Å². The number of carbonyl (C=O) groups excluding carboxylic acids is 4. The second-order valence-corrected chi connectivity index (χ2v) is 28.9. The number of aliphatic hydroxyl groups excluding tert-OH is 1. The van der Waals surface area contributed by atoms with E-state index in [4.69, 9.17) is 37.0 Å². The van der Waals surface area contributed by atoms with Gasteiger partial charge in [-0.2, -0.15) is 0 Å². The summed E-state index contributed by atoms with van der Waals surface area (Å²) in [6, 6.07) is 0. The molecule has 6 atom stereocenters. The van der Waals surface area contributed by atoms with Crippen LogP contribution in [0.2, 0.25) is 0 Å². The highest BCUT2D eigenvalue weighted by Crippen LogP contribution is 2.45. The van der Waals surface area contributed by atoms with Gasteiger partial charge < -0.3 is 33.8 Å². The van der Waals surface area contributed by atoms with E-state index in [0.29, 0.717) is 25.7 Å². The van der Waals surface area contributed by atoms with Gasteiger partial charge >= 0.3 is 39.5 Å². The molecule has 0 spiro atoms. The summed E-state index contributed by atoms with van der Waals surface area (Å²) in [6.07, 6.45) is 47.5. The minimum atomic E-state index is -4.95. The number of unbranched alkanes of at least 4 members (excludes halogenated alkanes) is 38. The highest BCUT2D eigenvalue weighted by atomic mass is 31.2. The van der Waals surface area contributed by atoms with Gasteiger partial charge in [-0.3, -0.25) is 37.3 Å². The molecule has 0 radical (unpaired) electrons. The lowest BCUT2D eigenvalue weighted by molar-refractivity contribution is -0.161. The average Bonchev–Trinajstić information content (AvgIpc) is 3.63. The van der Waals surface area contributed by atoms with Gasteiger partial charge in [0, 0.05) is 25.7 Å². The fourth-order valence-corrected chi connectivity index (χ4v) is 12.1. The van der Waals surface area contributed by atoms with Gasteiger partial charge in [0.25, 0.3) is 0 Å². The van der Waals surface area contributed by atoms with Crippen LogP contribution in [0.25, 0.3) is 0 Å². The lowest BCUT2D eigenvalue weighted by Gasteiger charge is -2.21. The van der Waals surface area contributed by atoms with Crippen LogP contribution in [0.15, 0.2) is 0 Å². The molecule has 0 heterocycles. The summed E-state index contributed by atoms with van der Waals surface area (Å²) >= 11 is 0. The summed E-state index contributed by atoms with van der Waals surface area (Å²) in [5.41, 5.74) is 0. The van der Waals surface area contributed by atoms with Crippen LogP contribution in [0.4, 0.5) is 0 Å². The molecule has 0 bridgehead atoms. The van der Waals surface area contributed by atoms with Crippen LogP contribution in [0.5, 0.6) is 0 Å². The fourth-order valence-electron chi connectivity index (χ4n) is 10.6. The first kappa shape index (κ1) is 87.1. The fraction of sp³-hybridized carbons (Fsp3) is 0.943. The minimum absolute atomic E-state index is 0.104. The Bertz CT molecular complexity index is 1740. The molecule has 0 aromatic carbocycles. The first-order valence-electron chi connectivity index (χ1n) is 36.5. The quantitative estimate of drug-likeness (QED) is 0.0222. The summed E-state index contributed by atoms with van der Waals surface area (Å²) in [6.45, 7) is 9.49. The molecular formula is C70H136O17P2. The molecule has 528 valence electrons. The van der Waals surface area contributed by atoms with Crippen molar-refractivity contribution in [2.75, 3.05) is 39.6 Å². The zero-order valence-electron chi connectivity index (χ0n) is 57.7. The Balaban J connectivity index is 5.15. The molecular weight excluding hydrogens is 1170 g/mol. The van der Waals surface area contributed by atoms with Crippen molar-refractivity contribution in [2.45, 2.75) is 374 Å². The van der Waals surface area contributed by atoms with Crippen molar-refractivity contribution in [2.24, 2.45) is 11.8 Å². The standard InChI is InChI=1S/C70H136O17P2/c1-7-10-12-14-15-16-17-22-26-29-35-41-47-53-68(73)81-59-66(87-69(74)54-48-42-36-30-27-24-21-19-18-20-23-25-28-33-39-44-50-62(4)5)61-85-89(78,79)83-57-64(71)56-82-88(76,77)84-60-65(58-80-67(72)52-46-38-13-11-8-2)86-70(75)55-49-43-37-32-31-34-40-45-51-63(6)9-3/h62-66,71H,7-61H2,1-6H3,(H,76,77)(H,78,79)/t63?,64-,65+,66+/m0/s1. The van der Waals surface area contributed by atoms with Gasteiger partial charge in [0.05, 0.1) is 26.4 Å². The lowest BCUT2D eigenvalue weighted by atomic mass is 9.99. The maximum atomic E-state index is 13.0. The van der Waals surface area contributed by atoms with E-state index in [1.54, 1.807) is 0 Å². The van der Waals surface area contributed by atoms with E-state index in [2.05, 4.69) is 41.5 Å². The first-order chi connectivity index (χ1) is 42.9. The smallest absolute Gasteiger partial charge is 0.462 e. The number of aliphatic hydroxyl groups is 1. The third-order valence-electron chi connectivity index (χ3n) is 16.6. The molecule has 19 heteroatoms. The zero-order chi connectivity index (χ0) is 65.7. The van der Waals surface area contributed by atoms with Crippen molar-refractivity contribution in [3.05, 3.63) is 0 Å². The Labute approximate surface area is 543 Å². The van der Waals surface area contributed by atoms with Crippen LogP contribution in [0, 0.1) is 11.8 Å². The van der Waals surface area contributed by atoms with Crippen LogP contribution in [-0.4, -0.2) is 96.7 Å². The van der Waals surface area contributed by atoms with Crippen LogP contribution >= 0.6 is 15.6 Å². The molecule has 0 aliphatic carbocycles. The van der Waals surface area contributed by atoms with Crippen molar-refractivity contribution in [3.63, 3.8) is 0 Å². The maximum absolute atomic E-state index is 13.0. The van der Waals surface area contributed by atoms with E-state index in [9.17, 15) is 43.2 Å². The second kappa shape index (κ2) is 62.2. The lowest BCUT2D eigenvalue weighted by Crippen LogP contribution is -2.30. The molecule has 0 rings (SSSR count). The summed E-state index contributed by atoms with van der Waals surface area (Å²) in [7, 11) is -9.89. The number of rotatable bonds is 69. The highest BCUT2D eigenvalue weighted by Gasteiger charge is 2.30. The molecule has 0 aliphatic rings. The van der Waals surface area contributed by atoms with Gasteiger partial charge in [0.15, 0.2) is 12.2 Å². The van der Waals surface area contributed by atoms with E-state index in [1.807, 2.05) is 0 Å². The van der Waals surface area contributed by atoms with Gasteiger partial charge in [-0.05, 0) is 37.5 Å². The molecule has 0 amide bonds. The largest absolute Gasteiger partial charge is 0.472 e. The number of phosphoric ester groups is 2. The SMILES string of the molecule is CCCCCCCCCCCCCCCC(=O)OC[C@H](COP(=O)(O)OC[C@@H](O)COP(=O)(O)OC[C@@H](COC(=O)CCCCCCC)OC(=O)CCCCCCCCCCC(C)CC)OC(=O)CCCCCCCCCCCCCCCCCCC(C)C. The highest BCUT2D eigenvalue weighted by molar-refractivity contribution is 7.47. The molecule has 17 nitrogen and oxygen atoms in total. The molecule has 3 unspecified atom stereocenters. The molecule has 3 N–H and O–H groups in total. The Kier molecular flexibility index (Phi) is 60.8. The molecule has 89 heavy (non-hydrogen) atoms. The molecule has 0 aromatic heterocycles. The topological polar surface area (TPSA) is 237 Å². The average molecular weight is 1310 g/mol. The van der Waals surface area contributed by atoms with Crippen molar-refractivity contribution in [3.8, 4) is 0 Å². The number of carbonyl (C=O) groups is 4. The molecule has 0 saturated carbocycles. The second-order valence-electron chi connectivity index (χ2n) is 26.0. The number of esters is 4. The predicted octanol–water partition coefficient (Wildman–Crippen LogP) is 20.0. The Morgan fingerprint density at radius 3 is 0.854 bits per heavy atom. The van der Waals surface area contributed by atoms with Gasteiger partial charge in [0.2, 0.25) is 0 Å². The van der Waals surface area contributed by atoms with E-state index < -0.39 is 97.5 Å². The minimum Gasteiger partial charge on any atom is -0.462 e. The zero-order valence-corrected chi connectivity index (χ0v) is 59.5. The van der Waals surface area contributed by atoms with Crippen LogP contribution < -0.4 is 0 Å². The third-order valence-corrected chi connectivity index (χ3v) is 18.5. The summed E-state index contributed by atoms with van der Waals surface area (Å²) in [5.74, 6) is -0.556. The maximum Gasteiger partial charge on any atom is 0.472 e. The number of phosphoric acid groups is 2. The van der Waals surface area contributed by atoms with Crippen LogP contribution in [0.1, 0.15) is 356 Å². The van der Waals surface area contributed by atoms with Crippen LogP contribution in [-0.2, 0) is 65.4 Å². The molecule has 0 fully saturated rings. The van der Waals surface area contributed by atoms with Gasteiger partial charge in [-0.1, -0.05) is 305 Å². The van der Waals surface area contributed by atoms with E-state index in [-0.39, 0.29) is 25.7 Å². The predicted molar refractivity (Wildman–Crippen MR) is 358 cm³/mol.